The molecule has 3 aromatic heterocycles. The Morgan fingerprint density at radius 2 is 1.92 bits per heavy atom. The van der Waals surface area contributed by atoms with Crippen molar-refractivity contribution in [2.24, 2.45) is 0 Å². The Kier molecular flexibility index (Phi) is 7.56. The molecule has 1 fully saturated rings. The van der Waals surface area contributed by atoms with Crippen LogP contribution in [-0.2, 0) is 4.74 Å². The van der Waals surface area contributed by atoms with Gasteiger partial charge in [0.1, 0.15) is 5.52 Å². The number of benzene rings is 1. The molecule has 3 N–H and O–H groups in total. The zero-order valence-electron chi connectivity index (χ0n) is 20.2. The zero-order valence-corrected chi connectivity index (χ0v) is 21.1. The van der Waals surface area contributed by atoms with Gasteiger partial charge in [-0.3, -0.25) is 4.39 Å². The van der Waals surface area contributed by atoms with Crippen LogP contribution in [0.4, 0.5) is 26.2 Å². The number of aryl methyl sites for hydroxylation is 1. The van der Waals surface area contributed by atoms with E-state index in [2.05, 4.69) is 19.6 Å². The van der Waals surface area contributed by atoms with Crippen LogP contribution in [0, 0.1) is 12.7 Å². The summed E-state index contributed by atoms with van der Waals surface area (Å²) < 4.78 is 36.3. The molecular weight excluding hydrogens is 498 g/mol. The topological polar surface area (TPSA) is 115 Å². The van der Waals surface area contributed by atoms with Gasteiger partial charge in [0.25, 0.3) is 0 Å². The predicted molar refractivity (Wildman–Crippen MR) is 143 cm³/mol. The van der Waals surface area contributed by atoms with E-state index in [0.717, 1.165) is 0 Å². The lowest BCUT2D eigenvalue weighted by Gasteiger charge is -2.28. The molecule has 5 rings (SSSR count). The molecule has 9 nitrogen and oxygen atoms in total. The third-order valence-corrected chi connectivity index (χ3v) is 6.77. The molecule has 12 heteroatoms. The highest BCUT2D eigenvalue weighted by Gasteiger charge is 2.21. The van der Waals surface area contributed by atoms with Crippen LogP contribution in [0.3, 0.4) is 0 Å². The lowest BCUT2D eigenvalue weighted by atomic mass is 10.1. The summed E-state index contributed by atoms with van der Waals surface area (Å²) in [6, 6.07) is 8.64. The summed E-state index contributed by atoms with van der Waals surface area (Å²) in [6.45, 7) is 3.83. The van der Waals surface area contributed by atoms with Crippen molar-refractivity contribution in [3.8, 4) is 22.6 Å². The number of halogens is 2. The van der Waals surface area contributed by atoms with Crippen molar-refractivity contribution in [3.63, 3.8) is 0 Å². The molecule has 192 valence electrons. The highest BCUT2D eigenvalue weighted by atomic mass is 32.2. The summed E-state index contributed by atoms with van der Waals surface area (Å²) in [4.78, 5) is 24.9. The Morgan fingerprint density at radius 1 is 1.08 bits per heavy atom. The van der Waals surface area contributed by atoms with Crippen molar-refractivity contribution in [2.75, 3.05) is 54.1 Å². The number of nitrogens with one attached hydrogen (secondary N) is 1. The maximum atomic E-state index is 15.4. The number of alkyl halides is 1. The fourth-order valence-electron chi connectivity index (χ4n) is 4.03. The van der Waals surface area contributed by atoms with Crippen molar-refractivity contribution >= 4 is 40.4 Å². The van der Waals surface area contributed by atoms with Gasteiger partial charge in [0.15, 0.2) is 17.5 Å². The average Bonchev–Trinajstić information content (AvgIpc) is 2.91. The van der Waals surface area contributed by atoms with E-state index in [1.54, 1.807) is 30.5 Å². The van der Waals surface area contributed by atoms with Gasteiger partial charge in [-0.05, 0) is 37.6 Å². The van der Waals surface area contributed by atoms with Crippen LogP contribution in [0.25, 0.3) is 33.7 Å². The molecule has 4 heterocycles. The predicted octanol–water partition coefficient (Wildman–Crippen LogP) is 4.43. The number of hydrogen-bond acceptors (Lipinski definition) is 10. The average molecular weight is 525 g/mol. The number of nitrogen functional groups attached to an aromatic ring is 1. The molecule has 1 saturated heterocycles. The van der Waals surface area contributed by atoms with Gasteiger partial charge in [0.05, 0.1) is 48.0 Å². The van der Waals surface area contributed by atoms with Crippen LogP contribution in [0.1, 0.15) is 12.1 Å². The molecule has 37 heavy (non-hydrogen) atoms. The van der Waals surface area contributed by atoms with Crippen LogP contribution < -0.4 is 15.4 Å². The minimum Gasteiger partial charge on any atom is -0.378 e. The second kappa shape index (κ2) is 11.2. The molecule has 0 bridgehead atoms. The van der Waals surface area contributed by atoms with Crippen LogP contribution >= 0.6 is 11.9 Å². The number of anilines is 3. The lowest BCUT2D eigenvalue weighted by Crippen LogP contribution is -2.37. The molecule has 0 saturated carbocycles. The maximum Gasteiger partial charge on any atom is 0.220 e. The van der Waals surface area contributed by atoms with Crippen LogP contribution in [-0.4, -0.2) is 63.7 Å². The third kappa shape index (κ3) is 5.39. The molecule has 0 spiro atoms. The first-order valence-corrected chi connectivity index (χ1v) is 12.9. The largest absolute Gasteiger partial charge is 0.378 e. The maximum absolute atomic E-state index is 15.4. The Labute approximate surface area is 217 Å². The van der Waals surface area contributed by atoms with E-state index in [-0.39, 0.29) is 5.95 Å². The summed E-state index contributed by atoms with van der Waals surface area (Å²) in [5, 5.41) is 0. The SMILES string of the molecule is Cc1nc(N)ncc1-c1nc(N2CCOCC2)c2nc(-c3cccc(NSCCCF)c3F)ccc2n1. The molecule has 0 amide bonds. The van der Waals surface area contributed by atoms with E-state index in [4.69, 9.17) is 25.4 Å². The minimum absolute atomic E-state index is 0.182. The van der Waals surface area contributed by atoms with E-state index in [9.17, 15) is 4.39 Å². The number of rotatable bonds is 8. The number of pyridine rings is 1. The van der Waals surface area contributed by atoms with E-state index >= 15 is 4.39 Å². The number of nitrogens with two attached hydrogens (primary N) is 1. The number of aromatic nitrogens is 5. The van der Waals surface area contributed by atoms with Crippen LogP contribution in [0.5, 0.6) is 0 Å². The standard InChI is InChI=1S/C25H26F2N8OS/c1-15-17(14-29-25(28)30-15)23-32-20-7-6-18(31-22(20)24(33-23)35-9-11-36-12-10-35)16-4-2-5-19(21(16)27)34-37-13-3-8-26/h2,4-7,14,34H,3,8-13H2,1H3,(H2,28,29,30). The molecule has 1 aromatic carbocycles. The Morgan fingerprint density at radius 3 is 2.70 bits per heavy atom. The highest BCUT2D eigenvalue weighted by Crippen LogP contribution is 2.32. The summed E-state index contributed by atoms with van der Waals surface area (Å²) in [6.07, 6.45) is 2.02. The Bertz CT molecular complexity index is 1420. The van der Waals surface area contributed by atoms with Crippen LogP contribution in [0.15, 0.2) is 36.5 Å². The van der Waals surface area contributed by atoms with Gasteiger partial charge >= 0.3 is 0 Å². The zero-order chi connectivity index (χ0) is 25.8. The molecular formula is C25H26F2N8OS. The normalized spacial score (nSPS) is 13.8. The number of hydrogen-bond donors (Lipinski definition) is 2. The van der Waals surface area contributed by atoms with Crippen molar-refractivity contribution < 1.29 is 13.5 Å². The van der Waals surface area contributed by atoms with E-state index in [0.29, 0.717) is 89.4 Å². The lowest BCUT2D eigenvalue weighted by molar-refractivity contribution is 0.122. The first-order chi connectivity index (χ1) is 18.0. The second-order valence-corrected chi connectivity index (χ2v) is 9.32. The van der Waals surface area contributed by atoms with Crippen molar-refractivity contribution in [3.05, 3.63) is 48.0 Å². The Hall–Kier alpha value is -3.64. The number of ether oxygens (including phenoxy) is 1. The first-order valence-electron chi connectivity index (χ1n) is 11.9. The van der Waals surface area contributed by atoms with Gasteiger partial charge < -0.3 is 20.1 Å². The number of fused-ring (bicyclic) bond motifs is 1. The molecule has 0 unspecified atom stereocenters. The fourth-order valence-corrected chi connectivity index (χ4v) is 4.70. The van der Waals surface area contributed by atoms with Gasteiger partial charge in [-0.15, -0.1) is 0 Å². The van der Waals surface area contributed by atoms with E-state index in [1.165, 1.54) is 11.9 Å². The summed E-state index contributed by atoms with van der Waals surface area (Å²) in [5.74, 6) is 1.39. The summed E-state index contributed by atoms with van der Waals surface area (Å²) in [5.41, 5.74) is 9.37. The smallest absolute Gasteiger partial charge is 0.220 e. The molecule has 4 aromatic rings. The van der Waals surface area contributed by atoms with E-state index in [1.807, 2.05) is 13.0 Å². The molecule has 0 radical (unpaired) electrons. The van der Waals surface area contributed by atoms with Gasteiger partial charge in [0.2, 0.25) is 5.95 Å². The summed E-state index contributed by atoms with van der Waals surface area (Å²) in [7, 11) is 0. The van der Waals surface area contributed by atoms with Crippen LogP contribution in [0.2, 0.25) is 0 Å². The highest BCUT2D eigenvalue weighted by molar-refractivity contribution is 8.00. The molecule has 0 atom stereocenters. The second-order valence-electron chi connectivity index (χ2n) is 8.42. The van der Waals surface area contributed by atoms with Crippen molar-refractivity contribution in [1.82, 2.24) is 24.9 Å². The quantitative estimate of drug-likeness (QED) is 0.253. The van der Waals surface area contributed by atoms with Crippen molar-refractivity contribution in [2.45, 2.75) is 13.3 Å². The number of morpholine rings is 1. The van der Waals surface area contributed by atoms with Gasteiger partial charge in [-0.25, -0.2) is 29.3 Å². The fraction of sp³-hybridized carbons (Fsp3) is 0.320. The van der Waals surface area contributed by atoms with E-state index < -0.39 is 12.5 Å². The summed E-state index contributed by atoms with van der Waals surface area (Å²) >= 11 is 1.27. The minimum atomic E-state index is -0.429. The number of nitrogens with zero attached hydrogens (tertiary/aromatic N) is 6. The molecule has 1 aliphatic heterocycles. The Balaban J connectivity index is 1.59. The third-order valence-electron chi connectivity index (χ3n) is 5.91. The molecule has 1 aliphatic rings. The van der Waals surface area contributed by atoms with Gasteiger partial charge in [-0.2, -0.15) is 0 Å². The van der Waals surface area contributed by atoms with Crippen molar-refractivity contribution in [1.29, 1.82) is 0 Å². The monoisotopic (exact) mass is 524 g/mol. The first kappa shape index (κ1) is 25.0. The van der Waals surface area contributed by atoms with Gasteiger partial charge in [-0.1, -0.05) is 18.0 Å². The molecule has 0 aliphatic carbocycles. The van der Waals surface area contributed by atoms with Gasteiger partial charge in [0, 0.05) is 30.6 Å².